The lowest BCUT2D eigenvalue weighted by Crippen LogP contribution is -2.27. The van der Waals surface area contributed by atoms with Crippen molar-refractivity contribution in [2.75, 3.05) is 19.9 Å². The molecular formula is C15H17N3O2. The first-order valence-electron chi connectivity index (χ1n) is 6.19. The van der Waals surface area contributed by atoms with Gasteiger partial charge in [0, 0.05) is 31.7 Å². The molecule has 0 unspecified atom stereocenters. The molecule has 0 radical (unpaired) electrons. The zero-order valence-electron chi connectivity index (χ0n) is 11.5. The summed E-state index contributed by atoms with van der Waals surface area (Å²) in [7, 11) is 3.29. The fourth-order valence-electron chi connectivity index (χ4n) is 1.89. The van der Waals surface area contributed by atoms with Gasteiger partial charge in [0.15, 0.2) is 0 Å². The van der Waals surface area contributed by atoms with Crippen molar-refractivity contribution in [2.45, 2.75) is 6.54 Å². The van der Waals surface area contributed by atoms with Crippen LogP contribution >= 0.6 is 0 Å². The van der Waals surface area contributed by atoms with Gasteiger partial charge < -0.3 is 15.4 Å². The van der Waals surface area contributed by atoms with E-state index in [2.05, 4.69) is 4.98 Å². The van der Waals surface area contributed by atoms with Crippen molar-refractivity contribution in [3.05, 3.63) is 53.9 Å². The Morgan fingerprint density at radius 2 is 2.00 bits per heavy atom. The van der Waals surface area contributed by atoms with Gasteiger partial charge in [-0.05, 0) is 35.9 Å². The molecule has 0 aliphatic rings. The monoisotopic (exact) mass is 271 g/mol. The summed E-state index contributed by atoms with van der Waals surface area (Å²) in [5.74, 6) is 0.470. The molecule has 1 heterocycles. The summed E-state index contributed by atoms with van der Waals surface area (Å²) in [5.41, 5.74) is 7.76. The Balaban J connectivity index is 2.18. The van der Waals surface area contributed by atoms with Crippen molar-refractivity contribution in [2.24, 2.45) is 0 Å². The van der Waals surface area contributed by atoms with Crippen LogP contribution < -0.4 is 10.5 Å². The van der Waals surface area contributed by atoms with Gasteiger partial charge in [-0.1, -0.05) is 0 Å². The summed E-state index contributed by atoms with van der Waals surface area (Å²) < 4.78 is 5.12. The molecule has 0 saturated carbocycles. The molecule has 1 amide bonds. The van der Waals surface area contributed by atoms with Crippen LogP contribution in [0.2, 0.25) is 0 Å². The lowest BCUT2D eigenvalue weighted by atomic mass is 10.1. The van der Waals surface area contributed by atoms with Crippen LogP contribution in [0.3, 0.4) is 0 Å². The van der Waals surface area contributed by atoms with Crippen LogP contribution in [0.1, 0.15) is 15.9 Å². The molecule has 2 N–H and O–H groups in total. The zero-order valence-corrected chi connectivity index (χ0v) is 11.5. The van der Waals surface area contributed by atoms with E-state index in [9.17, 15) is 4.79 Å². The average molecular weight is 271 g/mol. The minimum absolute atomic E-state index is 0.141. The molecule has 0 atom stereocenters. The third kappa shape index (κ3) is 3.06. The first kappa shape index (κ1) is 13.9. The Morgan fingerprint density at radius 3 is 2.65 bits per heavy atom. The number of pyridine rings is 1. The van der Waals surface area contributed by atoms with Gasteiger partial charge in [0.2, 0.25) is 0 Å². The normalized spacial score (nSPS) is 10.1. The summed E-state index contributed by atoms with van der Waals surface area (Å²) in [6.07, 6.45) is 3.40. The third-order valence-corrected chi connectivity index (χ3v) is 3.01. The smallest absolute Gasteiger partial charge is 0.256 e. The van der Waals surface area contributed by atoms with Crippen molar-refractivity contribution in [3.8, 4) is 5.75 Å². The number of rotatable bonds is 4. The number of aromatic nitrogens is 1. The molecule has 1 aromatic carbocycles. The molecule has 0 saturated heterocycles. The number of hydrogen-bond donors (Lipinski definition) is 1. The van der Waals surface area contributed by atoms with Crippen molar-refractivity contribution < 1.29 is 9.53 Å². The van der Waals surface area contributed by atoms with Crippen LogP contribution in [0.15, 0.2) is 42.7 Å². The van der Waals surface area contributed by atoms with Crippen LogP contribution in [-0.4, -0.2) is 29.9 Å². The first-order chi connectivity index (χ1) is 9.61. The van der Waals surface area contributed by atoms with Crippen molar-refractivity contribution in [1.82, 2.24) is 9.88 Å². The summed E-state index contributed by atoms with van der Waals surface area (Å²) in [6.45, 7) is 0.498. The lowest BCUT2D eigenvalue weighted by molar-refractivity contribution is 0.0785. The molecular weight excluding hydrogens is 254 g/mol. The third-order valence-electron chi connectivity index (χ3n) is 3.01. The summed E-state index contributed by atoms with van der Waals surface area (Å²) in [5, 5.41) is 0. The van der Waals surface area contributed by atoms with Gasteiger partial charge in [0.25, 0.3) is 5.91 Å². The molecule has 104 valence electrons. The SMILES string of the molecule is COc1ccc(N)c(C(=O)N(C)Cc2ccncc2)c1. The van der Waals surface area contributed by atoms with E-state index in [1.165, 1.54) is 0 Å². The highest BCUT2D eigenvalue weighted by molar-refractivity contribution is 5.99. The number of anilines is 1. The number of amides is 1. The molecule has 0 fully saturated rings. The van der Waals surface area contributed by atoms with Crippen LogP contribution in [0.4, 0.5) is 5.69 Å². The topological polar surface area (TPSA) is 68.5 Å². The maximum Gasteiger partial charge on any atom is 0.256 e. The Hall–Kier alpha value is -2.56. The van der Waals surface area contributed by atoms with E-state index in [0.717, 1.165) is 5.56 Å². The van der Waals surface area contributed by atoms with Crippen LogP contribution in [0, 0.1) is 0 Å². The zero-order chi connectivity index (χ0) is 14.5. The van der Waals surface area contributed by atoms with Gasteiger partial charge in [-0.3, -0.25) is 9.78 Å². The van der Waals surface area contributed by atoms with Gasteiger partial charge in [0.05, 0.1) is 12.7 Å². The van der Waals surface area contributed by atoms with E-state index in [1.54, 1.807) is 49.7 Å². The quantitative estimate of drug-likeness (QED) is 0.863. The highest BCUT2D eigenvalue weighted by Gasteiger charge is 2.15. The summed E-state index contributed by atoms with van der Waals surface area (Å²) in [4.78, 5) is 18.0. The number of benzene rings is 1. The van der Waals surface area contributed by atoms with Gasteiger partial charge in [-0.25, -0.2) is 0 Å². The molecule has 2 aromatic rings. The van der Waals surface area contributed by atoms with E-state index < -0.39 is 0 Å². The van der Waals surface area contributed by atoms with Crippen molar-refractivity contribution >= 4 is 11.6 Å². The molecule has 5 heteroatoms. The average Bonchev–Trinajstić information content (AvgIpc) is 2.48. The second-order valence-electron chi connectivity index (χ2n) is 4.47. The Labute approximate surface area is 118 Å². The minimum atomic E-state index is -0.141. The van der Waals surface area contributed by atoms with Crippen LogP contribution in [0.5, 0.6) is 5.75 Å². The number of hydrogen-bond acceptors (Lipinski definition) is 4. The molecule has 1 aromatic heterocycles. The number of nitrogen functional groups attached to an aromatic ring is 1. The van der Waals surface area contributed by atoms with E-state index in [-0.39, 0.29) is 5.91 Å². The molecule has 0 bridgehead atoms. The van der Waals surface area contributed by atoms with Gasteiger partial charge >= 0.3 is 0 Å². The predicted molar refractivity (Wildman–Crippen MR) is 77.4 cm³/mol. The molecule has 20 heavy (non-hydrogen) atoms. The number of carbonyl (C=O) groups is 1. The Kier molecular flexibility index (Phi) is 4.20. The molecule has 5 nitrogen and oxygen atoms in total. The maximum atomic E-state index is 12.4. The fraction of sp³-hybridized carbons (Fsp3) is 0.200. The second-order valence-corrected chi connectivity index (χ2v) is 4.47. The number of methoxy groups -OCH3 is 1. The Bertz CT molecular complexity index is 599. The molecule has 0 aliphatic carbocycles. The van der Waals surface area contributed by atoms with Gasteiger partial charge in [-0.15, -0.1) is 0 Å². The standard InChI is InChI=1S/C15H17N3O2/c1-18(10-11-5-7-17-8-6-11)15(19)13-9-12(20-2)3-4-14(13)16/h3-9H,10,16H2,1-2H3. The van der Waals surface area contributed by atoms with Gasteiger partial charge in [0.1, 0.15) is 5.75 Å². The number of carbonyl (C=O) groups excluding carboxylic acids is 1. The minimum Gasteiger partial charge on any atom is -0.497 e. The highest BCUT2D eigenvalue weighted by atomic mass is 16.5. The van der Waals surface area contributed by atoms with Crippen molar-refractivity contribution in [3.63, 3.8) is 0 Å². The molecule has 2 rings (SSSR count). The van der Waals surface area contributed by atoms with Crippen molar-refractivity contribution in [1.29, 1.82) is 0 Å². The fourth-order valence-corrected chi connectivity index (χ4v) is 1.89. The summed E-state index contributed by atoms with van der Waals surface area (Å²) in [6, 6.07) is 8.81. The lowest BCUT2D eigenvalue weighted by Gasteiger charge is -2.18. The van der Waals surface area contributed by atoms with E-state index in [1.807, 2.05) is 12.1 Å². The van der Waals surface area contributed by atoms with Crippen LogP contribution in [-0.2, 0) is 6.54 Å². The summed E-state index contributed by atoms with van der Waals surface area (Å²) >= 11 is 0. The molecule has 0 aliphatic heterocycles. The largest absolute Gasteiger partial charge is 0.497 e. The Morgan fingerprint density at radius 1 is 1.30 bits per heavy atom. The number of nitrogens with zero attached hydrogens (tertiary/aromatic N) is 2. The van der Waals surface area contributed by atoms with E-state index in [0.29, 0.717) is 23.5 Å². The van der Waals surface area contributed by atoms with Crippen LogP contribution in [0.25, 0.3) is 0 Å². The maximum absolute atomic E-state index is 12.4. The predicted octanol–water partition coefficient (Wildman–Crippen LogP) is 1.94. The molecule has 0 spiro atoms. The number of nitrogens with two attached hydrogens (primary N) is 1. The second kappa shape index (κ2) is 6.06. The highest BCUT2D eigenvalue weighted by Crippen LogP contribution is 2.21. The van der Waals surface area contributed by atoms with E-state index >= 15 is 0 Å². The van der Waals surface area contributed by atoms with E-state index in [4.69, 9.17) is 10.5 Å². The number of ether oxygens (including phenoxy) is 1. The first-order valence-corrected chi connectivity index (χ1v) is 6.19. The van der Waals surface area contributed by atoms with Gasteiger partial charge in [-0.2, -0.15) is 0 Å².